The molecule has 7 aromatic carbocycles. The molecular weight excluding hydrogens is 560 g/mol. The van der Waals surface area contributed by atoms with Gasteiger partial charge in [0.25, 0.3) is 0 Å². The Hall–Kier alpha value is -6.19. The van der Waals surface area contributed by atoms with Gasteiger partial charge in [-0.25, -0.2) is 0 Å². The van der Waals surface area contributed by atoms with Crippen LogP contribution >= 0.6 is 0 Å². The number of furan rings is 1. The molecule has 0 aliphatic heterocycles. The van der Waals surface area contributed by atoms with E-state index in [0.29, 0.717) is 0 Å². The summed E-state index contributed by atoms with van der Waals surface area (Å²) in [5, 5.41) is 5.97. The van der Waals surface area contributed by atoms with E-state index in [0.717, 1.165) is 39.1 Å². The number of fused-ring (bicyclic) bond motifs is 5. The Bertz CT molecular complexity index is 2410. The third kappa shape index (κ3) is 4.49. The van der Waals surface area contributed by atoms with Crippen molar-refractivity contribution < 1.29 is 4.42 Å². The maximum atomic E-state index is 6.25. The van der Waals surface area contributed by atoms with E-state index in [9.17, 15) is 0 Å². The number of hydrogen-bond acceptors (Lipinski definition) is 3. The van der Waals surface area contributed by atoms with E-state index in [1.54, 1.807) is 0 Å². The van der Waals surface area contributed by atoms with Gasteiger partial charge in [0.05, 0.1) is 11.1 Å². The summed E-state index contributed by atoms with van der Waals surface area (Å²) >= 11 is 0. The first-order valence-corrected chi connectivity index (χ1v) is 15.5. The van der Waals surface area contributed by atoms with Crippen LogP contribution in [0.5, 0.6) is 0 Å². The van der Waals surface area contributed by atoms with Crippen molar-refractivity contribution in [2.75, 3.05) is 4.90 Å². The van der Waals surface area contributed by atoms with Crippen molar-refractivity contribution in [3.05, 3.63) is 170 Å². The predicted octanol–water partition coefficient (Wildman–Crippen LogP) is 12.1. The number of aromatic nitrogens is 1. The molecule has 0 atom stereocenters. The summed E-state index contributed by atoms with van der Waals surface area (Å²) in [6, 6.07) is 58.1. The minimum Gasteiger partial charge on any atom is -0.454 e. The molecule has 3 nitrogen and oxygen atoms in total. The average molecular weight is 589 g/mol. The lowest BCUT2D eigenvalue weighted by Crippen LogP contribution is -2.10. The van der Waals surface area contributed by atoms with Crippen molar-refractivity contribution >= 4 is 60.7 Å². The monoisotopic (exact) mass is 588 g/mol. The lowest BCUT2D eigenvalue weighted by molar-refractivity contribution is 0.668. The predicted molar refractivity (Wildman–Crippen MR) is 192 cm³/mol. The third-order valence-electron chi connectivity index (χ3n) is 8.89. The van der Waals surface area contributed by atoms with Gasteiger partial charge in [0.1, 0.15) is 11.1 Å². The van der Waals surface area contributed by atoms with Gasteiger partial charge in [0.15, 0.2) is 5.58 Å². The largest absolute Gasteiger partial charge is 0.454 e. The third-order valence-corrected chi connectivity index (χ3v) is 8.89. The van der Waals surface area contributed by atoms with Gasteiger partial charge >= 0.3 is 0 Å². The molecule has 0 radical (unpaired) electrons. The maximum absolute atomic E-state index is 6.25. The van der Waals surface area contributed by atoms with E-state index < -0.39 is 0 Å². The van der Waals surface area contributed by atoms with E-state index in [1.807, 2.05) is 24.4 Å². The van der Waals surface area contributed by atoms with Gasteiger partial charge in [-0.05, 0) is 104 Å². The summed E-state index contributed by atoms with van der Waals surface area (Å²) in [5.41, 5.74) is 10.3. The number of pyridine rings is 1. The quantitative estimate of drug-likeness (QED) is 0.200. The van der Waals surface area contributed by atoms with E-state index in [4.69, 9.17) is 9.40 Å². The van der Waals surface area contributed by atoms with Crippen LogP contribution in [0.2, 0.25) is 0 Å². The molecule has 9 rings (SSSR count). The molecule has 0 amide bonds. The molecule has 0 aliphatic rings. The standard InChI is InChI=1S/C43H28N2O/c1-3-9-33-27-35(16-14-29(33)7-1)31-18-22-37(23-19-31)45(39-11-5-12-40-42(39)43-41(46-40)13-6-26-44-43)38-24-20-32(21-25-38)36-17-15-30-8-2-4-10-34(30)28-36/h1-28H. The Morgan fingerprint density at radius 1 is 0.413 bits per heavy atom. The van der Waals surface area contributed by atoms with Crippen LogP contribution in [-0.2, 0) is 0 Å². The molecule has 0 bridgehead atoms. The highest BCUT2D eigenvalue weighted by Gasteiger charge is 2.20. The van der Waals surface area contributed by atoms with Crippen LogP contribution < -0.4 is 4.90 Å². The van der Waals surface area contributed by atoms with Crippen molar-refractivity contribution in [3.63, 3.8) is 0 Å². The molecule has 3 heteroatoms. The van der Waals surface area contributed by atoms with E-state index in [-0.39, 0.29) is 0 Å². The van der Waals surface area contributed by atoms with E-state index >= 15 is 0 Å². The number of hydrogen-bond donors (Lipinski definition) is 0. The zero-order chi connectivity index (χ0) is 30.5. The van der Waals surface area contributed by atoms with Crippen LogP contribution in [0.4, 0.5) is 17.1 Å². The fraction of sp³-hybridized carbons (Fsp3) is 0. The molecule has 0 spiro atoms. The molecular formula is C43H28N2O. The molecule has 0 aliphatic carbocycles. The average Bonchev–Trinajstić information content (AvgIpc) is 3.51. The van der Waals surface area contributed by atoms with Crippen LogP contribution in [0.1, 0.15) is 0 Å². The number of anilines is 3. The minimum atomic E-state index is 0.781. The zero-order valence-corrected chi connectivity index (χ0v) is 25.0. The first kappa shape index (κ1) is 26.2. The lowest BCUT2D eigenvalue weighted by atomic mass is 10.00. The Balaban J connectivity index is 1.17. The van der Waals surface area contributed by atoms with Crippen LogP contribution in [0.15, 0.2) is 174 Å². The normalized spacial score (nSPS) is 11.5. The number of benzene rings is 7. The Morgan fingerprint density at radius 2 is 0.935 bits per heavy atom. The summed E-state index contributed by atoms with van der Waals surface area (Å²) in [7, 11) is 0. The molecule has 0 N–H and O–H groups in total. The van der Waals surface area contributed by atoms with Crippen molar-refractivity contribution in [3.8, 4) is 22.3 Å². The molecule has 216 valence electrons. The van der Waals surface area contributed by atoms with E-state index in [2.05, 4.69) is 150 Å². The molecule has 0 saturated heterocycles. The van der Waals surface area contributed by atoms with Gasteiger partial charge in [0.2, 0.25) is 0 Å². The van der Waals surface area contributed by atoms with Crippen molar-refractivity contribution in [1.82, 2.24) is 4.98 Å². The van der Waals surface area contributed by atoms with Gasteiger partial charge < -0.3 is 9.32 Å². The maximum Gasteiger partial charge on any atom is 0.153 e. The first-order chi connectivity index (χ1) is 22.8. The van der Waals surface area contributed by atoms with E-state index in [1.165, 1.54) is 43.8 Å². The molecule has 0 unspecified atom stereocenters. The molecule has 0 fully saturated rings. The molecule has 9 aromatic rings. The summed E-state index contributed by atoms with van der Waals surface area (Å²) in [4.78, 5) is 7.04. The lowest BCUT2D eigenvalue weighted by Gasteiger charge is -2.26. The Morgan fingerprint density at radius 3 is 1.52 bits per heavy atom. The highest BCUT2D eigenvalue weighted by atomic mass is 16.3. The SMILES string of the molecule is c1ccc2cc(-c3ccc(N(c4ccc(-c5ccc6ccccc6c5)cc4)c4cccc5oc6cccnc6c45)cc3)ccc2c1. The minimum absolute atomic E-state index is 0.781. The Labute approximate surface area is 266 Å². The van der Waals surface area contributed by atoms with Gasteiger partial charge in [0, 0.05) is 17.6 Å². The molecule has 2 aromatic heterocycles. The fourth-order valence-corrected chi connectivity index (χ4v) is 6.58. The van der Waals surface area contributed by atoms with Crippen molar-refractivity contribution in [1.29, 1.82) is 0 Å². The summed E-state index contributed by atoms with van der Waals surface area (Å²) in [6.07, 6.45) is 1.83. The highest BCUT2D eigenvalue weighted by Crippen LogP contribution is 2.43. The second-order valence-electron chi connectivity index (χ2n) is 11.7. The van der Waals surface area contributed by atoms with Crippen LogP contribution in [0.3, 0.4) is 0 Å². The summed E-state index contributed by atoms with van der Waals surface area (Å²) in [6.45, 7) is 0. The second kappa shape index (κ2) is 10.8. The smallest absolute Gasteiger partial charge is 0.153 e. The fourth-order valence-electron chi connectivity index (χ4n) is 6.58. The zero-order valence-electron chi connectivity index (χ0n) is 25.0. The first-order valence-electron chi connectivity index (χ1n) is 15.5. The molecule has 0 saturated carbocycles. The Kier molecular flexibility index (Phi) is 6.14. The summed E-state index contributed by atoms with van der Waals surface area (Å²) < 4.78 is 6.25. The van der Waals surface area contributed by atoms with Gasteiger partial charge in [-0.15, -0.1) is 0 Å². The van der Waals surface area contributed by atoms with Gasteiger partial charge in [-0.2, -0.15) is 0 Å². The second-order valence-corrected chi connectivity index (χ2v) is 11.7. The van der Waals surface area contributed by atoms with Crippen molar-refractivity contribution in [2.45, 2.75) is 0 Å². The van der Waals surface area contributed by atoms with Crippen LogP contribution in [0, 0.1) is 0 Å². The van der Waals surface area contributed by atoms with Crippen molar-refractivity contribution in [2.24, 2.45) is 0 Å². The van der Waals surface area contributed by atoms with Crippen LogP contribution in [-0.4, -0.2) is 4.98 Å². The summed E-state index contributed by atoms with van der Waals surface area (Å²) in [5.74, 6) is 0. The number of nitrogens with zero attached hydrogens (tertiary/aromatic N) is 2. The molecule has 2 heterocycles. The highest BCUT2D eigenvalue weighted by molar-refractivity contribution is 6.11. The van der Waals surface area contributed by atoms with Gasteiger partial charge in [-0.1, -0.05) is 103 Å². The van der Waals surface area contributed by atoms with Gasteiger partial charge in [-0.3, -0.25) is 4.98 Å². The van der Waals surface area contributed by atoms with Crippen LogP contribution in [0.25, 0.3) is 65.9 Å². The topological polar surface area (TPSA) is 29.3 Å². The number of rotatable bonds is 5. The molecule has 46 heavy (non-hydrogen) atoms.